The predicted octanol–water partition coefficient (Wildman–Crippen LogP) is 3.68. The average molecular weight is 203 g/mol. The highest BCUT2D eigenvalue weighted by Gasteiger charge is 1.93. The maximum absolute atomic E-state index is 5.66. The van der Waals surface area contributed by atoms with E-state index in [0.717, 1.165) is 5.69 Å². The van der Waals surface area contributed by atoms with Gasteiger partial charge in [-0.15, -0.1) is 0 Å². The minimum Gasteiger partial charge on any atom is -0.384 e. The lowest BCUT2D eigenvalue weighted by atomic mass is 10.4. The van der Waals surface area contributed by atoms with E-state index in [-0.39, 0.29) is 0 Å². The summed E-state index contributed by atoms with van der Waals surface area (Å²) in [6.07, 6.45) is 0. The summed E-state index contributed by atoms with van der Waals surface area (Å²) in [7, 11) is 0. The minimum absolute atomic E-state index is 0.511. The van der Waals surface area contributed by atoms with E-state index in [2.05, 4.69) is 4.98 Å². The van der Waals surface area contributed by atoms with Gasteiger partial charge in [-0.1, -0.05) is 39.3 Å². The topological polar surface area (TPSA) is 38.9 Å². The second-order valence-electron chi connectivity index (χ2n) is 1.80. The molecule has 2 N–H and O–H groups in total. The lowest BCUT2D eigenvalue weighted by Crippen LogP contribution is -1.90. The number of anilines is 1. The van der Waals surface area contributed by atoms with Crippen LogP contribution in [0.25, 0.3) is 0 Å². The van der Waals surface area contributed by atoms with Crippen LogP contribution in [0.1, 0.15) is 33.4 Å². The monoisotopic (exact) mass is 202 g/mol. The molecule has 3 heteroatoms. The number of aryl methyl sites for hydroxylation is 1. The first kappa shape index (κ1) is 14.7. The molecule has 0 unspecified atom stereocenters. The maximum Gasteiger partial charge on any atom is 0.123 e. The Hall–Kier alpha value is -0.760. The quantitative estimate of drug-likeness (QED) is 0.697. The molecule has 0 fully saturated rings. The Kier molecular flexibility index (Phi) is 10.6. The van der Waals surface area contributed by atoms with Gasteiger partial charge in [0.1, 0.15) is 5.82 Å². The Morgan fingerprint density at radius 2 is 1.62 bits per heavy atom. The van der Waals surface area contributed by atoms with Crippen LogP contribution in [-0.4, -0.2) is 4.98 Å². The summed E-state index contributed by atoms with van der Waals surface area (Å²) in [5.74, 6) is 0.511. The van der Waals surface area contributed by atoms with E-state index in [1.54, 1.807) is 12.1 Å². The van der Waals surface area contributed by atoms with Crippen molar-refractivity contribution in [1.29, 1.82) is 0 Å². The van der Waals surface area contributed by atoms with Gasteiger partial charge in [0, 0.05) is 0 Å². The summed E-state index contributed by atoms with van der Waals surface area (Å²) in [5.41, 5.74) is 6.13. The van der Waals surface area contributed by atoms with Gasteiger partial charge in [-0.25, -0.2) is 4.98 Å². The van der Waals surface area contributed by atoms with Crippen molar-refractivity contribution in [2.24, 2.45) is 0 Å². The molecule has 0 saturated heterocycles. The molecule has 0 aromatic carbocycles. The van der Waals surface area contributed by atoms with Crippen molar-refractivity contribution in [1.82, 2.24) is 4.98 Å². The number of aromatic nitrogens is 1. The van der Waals surface area contributed by atoms with E-state index in [9.17, 15) is 0 Å². The van der Waals surface area contributed by atoms with E-state index >= 15 is 0 Å². The number of hydrogen-bond acceptors (Lipinski definition) is 2. The van der Waals surface area contributed by atoms with Crippen LogP contribution in [0.5, 0.6) is 0 Å². The molecule has 1 rings (SSSR count). The van der Waals surface area contributed by atoms with Crippen LogP contribution in [0.4, 0.5) is 5.82 Å². The molecular weight excluding hydrogens is 184 g/mol. The van der Waals surface area contributed by atoms with Gasteiger partial charge in [-0.05, 0) is 19.1 Å². The molecule has 0 bridgehead atoms. The maximum atomic E-state index is 5.66. The first-order valence-corrected chi connectivity index (χ1v) is 4.96. The van der Waals surface area contributed by atoms with E-state index < -0.39 is 0 Å². The Bertz CT molecular complexity index is 224. The highest BCUT2D eigenvalue weighted by molar-refractivity contribution is 6.31. The van der Waals surface area contributed by atoms with Gasteiger partial charge in [-0.2, -0.15) is 0 Å². The van der Waals surface area contributed by atoms with Crippen LogP contribution in [0.3, 0.4) is 0 Å². The van der Waals surface area contributed by atoms with Crippen molar-refractivity contribution >= 4 is 17.4 Å². The van der Waals surface area contributed by atoms with Crippen LogP contribution in [-0.2, 0) is 0 Å². The summed E-state index contributed by atoms with van der Waals surface area (Å²) in [6, 6.07) is 3.41. The fourth-order valence-corrected chi connectivity index (χ4v) is 0.669. The number of nitrogen functional groups attached to an aromatic ring is 1. The Morgan fingerprint density at radius 3 is 1.92 bits per heavy atom. The highest BCUT2D eigenvalue weighted by Crippen LogP contribution is 2.12. The predicted molar refractivity (Wildman–Crippen MR) is 61.1 cm³/mol. The van der Waals surface area contributed by atoms with Crippen molar-refractivity contribution in [3.8, 4) is 0 Å². The van der Waals surface area contributed by atoms with Crippen molar-refractivity contribution in [2.75, 3.05) is 5.73 Å². The largest absolute Gasteiger partial charge is 0.384 e. The molecule has 0 aliphatic carbocycles. The van der Waals surface area contributed by atoms with Gasteiger partial charge < -0.3 is 5.73 Å². The zero-order chi connectivity index (χ0) is 10.9. The van der Waals surface area contributed by atoms with Crippen molar-refractivity contribution in [3.05, 3.63) is 22.8 Å². The molecule has 1 aromatic heterocycles. The third-order valence-electron chi connectivity index (χ3n) is 1.04. The number of nitrogens with two attached hydrogens (primary N) is 1. The lowest BCUT2D eigenvalue weighted by molar-refractivity contribution is 1.21. The molecule has 1 heterocycles. The van der Waals surface area contributed by atoms with Crippen LogP contribution >= 0.6 is 11.6 Å². The zero-order valence-electron chi connectivity index (χ0n) is 9.06. The normalized spacial score (nSPS) is 7.54. The molecule has 0 amide bonds. The molecule has 1 aromatic rings. The Morgan fingerprint density at radius 1 is 1.15 bits per heavy atom. The molecule has 0 saturated carbocycles. The van der Waals surface area contributed by atoms with Crippen molar-refractivity contribution in [3.63, 3.8) is 0 Å². The number of halogens is 1. The summed E-state index contributed by atoms with van der Waals surface area (Å²) < 4.78 is 0. The second-order valence-corrected chi connectivity index (χ2v) is 2.21. The average Bonchev–Trinajstić information content (AvgIpc) is 2.18. The van der Waals surface area contributed by atoms with Gasteiger partial charge in [0.2, 0.25) is 0 Å². The summed E-state index contributed by atoms with van der Waals surface area (Å²) >= 11 is 5.66. The molecule has 13 heavy (non-hydrogen) atoms. The van der Waals surface area contributed by atoms with Crippen LogP contribution in [0.15, 0.2) is 12.1 Å². The molecule has 0 aliphatic rings. The van der Waals surface area contributed by atoms with Gasteiger partial charge >= 0.3 is 0 Å². The van der Waals surface area contributed by atoms with Gasteiger partial charge in [0.15, 0.2) is 0 Å². The van der Waals surface area contributed by atoms with E-state index in [0.29, 0.717) is 10.8 Å². The molecule has 0 radical (unpaired) electrons. The number of pyridine rings is 1. The second kappa shape index (κ2) is 9.33. The van der Waals surface area contributed by atoms with E-state index in [1.165, 1.54) is 0 Å². The first-order chi connectivity index (χ1) is 6.20. The third-order valence-corrected chi connectivity index (χ3v) is 1.44. The Balaban J connectivity index is 0. The third kappa shape index (κ3) is 6.41. The van der Waals surface area contributed by atoms with Crippen LogP contribution in [0, 0.1) is 6.92 Å². The zero-order valence-corrected chi connectivity index (χ0v) is 9.81. The summed E-state index contributed by atoms with van der Waals surface area (Å²) in [6.45, 7) is 9.82. The molecule has 0 spiro atoms. The highest BCUT2D eigenvalue weighted by atomic mass is 35.5. The van der Waals surface area contributed by atoms with E-state index in [4.69, 9.17) is 17.3 Å². The standard InChI is InChI=1S/C6H7ClN2.2C2H6/c1-4-5(7)2-3-6(8)9-4;2*1-2/h2-3H,1H3,(H2,8,9);2*1-2H3. The van der Waals surface area contributed by atoms with E-state index in [1.807, 2.05) is 34.6 Å². The van der Waals surface area contributed by atoms with Gasteiger partial charge in [0.05, 0.1) is 10.7 Å². The summed E-state index contributed by atoms with van der Waals surface area (Å²) in [5, 5.41) is 0.657. The van der Waals surface area contributed by atoms with Gasteiger partial charge in [-0.3, -0.25) is 0 Å². The number of hydrogen-bond donors (Lipinski definition) is 1. The molecular formula is C10H19ClN2. The minimum atomic E-state index is 0.511. The molecule has 0 atom stereocenters. The molecule has 2 nitrogen and oxygen atoms in total. The fraction of sp³-hybridized carbons (Fsp3) is 0.500. The number of nitrogens with zero attached hydrogens (tertiary/aromatic N) is 1. The van der Waals surface area contributed by atoms with Gasteiger partial charge in [0.25, 0.3) is 0 Å². The van der Waals surface area contributed by atoms with Crippen LogP contribution < -0.4 is 5.73 Å². The smallest absolute Gasteiger partial charge is 0.123 e. The van der Waals surface area contributed by atoms with Crippen LogP contribution in [0.2, 0.25) is 5.02 Å². The Labute approximate surface area is 86.1 Å². The molecule has 0 aliphatic heterocycles. The SMILES string of the molecule is CC.CC.Cc1nc(N)ccc1Cl. The van der Waals surface area contributed by atoms with Crippen molar-refractivity contribution < 1.29 is 0 Å². The summed E-state index contributed by atoms with van der Waals surface area (Å²) in [4.78, 5) is 3.92. The number of rotatable bonds is 0. The molecule has 76 valence electrons. The fourth-order valence-electron chi connectivity index (χ4n) is 0.563. The first-order valence-electron chi connectivity index (χ1n) is 4.59. The van der Waals surface area contributed by atoms with Crippen molar-refractivity contribution in [2.45, 2.75) is 34.6 Å². The lowest BCUT2D eigenvalue weighted by Gasteiger charge is -1.95.